The number of ether oxygens (including phenoxy) is 1. The molecule has 1 aromatic heterocycles. The Kier molecular flexibility index (Phi) is 4.18. The second kappa shape index (κ2) is 5.88. The van der Waals surface area contributed by atoms with Crippen LogP contribution in [0.25, 0.3) is 0 Å². The molecule has 21 heavy (non-hydrogen) atoms. The summed E-state index contributed by atoms with van der Waals surface area (Å²) >= 11 is 5.79. The van der Waals surface area contributed by atoms with Crippen LogP contribution in [0.3, 0.4) is 0 Å². The fraction of sp³-hybridized carbons (Fsp3) is 0.250. The lowest BCUT2D eigenvalue weighted by molar-refractivity contribution is -0.386. The molecule has 0 aliphatic heterocycles. The highest BCUT2D eigenvalue weighted by molar-refractivity contribution is 6.28. The van der Waals surface area contributed by atoms with Gasteiger partial charge in [0.2, 0.25) is 17.0 Å². The second-order valence-electron chi connectivity index (χ2n) is 4.36. The Balaban J connectivity index is 2.43. The summed E-state index contributed by atoms with van der Waals surface area (Å²) in [6.07, 6.45) is 0. The number of aryl methyl sites for hydroxylation is 1. The number of nitrogens with zero attached hydrogens (tertiary/aromatic N) is 5. The normalized spacial score (nSPS) is 10.3. The molecule has 0 aliphatic rings. The van der Waals surface area contributed by atoms with E-state index < -0.39 is 4.92 Å². The van der Waals surface area contributed by atoms with Crippen LogP contribution in [0.1, 0.15) is 5.56 Å². The van der Waals surface area contributed by atoms with Gasteiger partial charge in [0.1, 0.15) is 0 Å². The van der Waals surface area contributed by atoms with Crippen molar-refractivity contribution in [3.8, 4) is 11.8 Å². The van der Waals surface area contributed by atoms with E-state index in [9.17, 15) is 10.1 Å². The fourth-order valence-corrected chi connectivity index (χ4v) is 1.76. The molecule has 1 heterocycles. The monoisotopic (exact) mass is 309 g/mol. The number of aromatic nitrogens is 3. The first-order valence-corrected chi connectivity index (χ1v) is 6.27. The number of hydrogen-bond acceptors (Lipinski definition) is 7. The molecule has 2 aromatic rings. The van der Waals surface area contributed by atoms with Gasteiger partial charge in [-0.05, 0) is 24.6 Å². The smallest absolute Gasteiger partial charge is 0.328 e. The maximum absolute atomic E-state index is 11.1. The summed E-state index contributed by atoms with van der Waals surface area (Å²) in [4.78, 5) is 24.0. The number of halogens is 1. The van der Waals surface area contributed by atoms with Gasteiger partial charge in [0.05, 0.1) is 4.92 Å². The molecule has 0 radical (unpaired) electrons. The molecule has 0 bridgehead atoms. The molecule has 0 amide bonds. The summed E-state index contributed by atoms with van der Waals surface area (Å²) < 4.78 is 5.41. The van der Waals surface area contributed by atoms with E-state index in [1.54, 1.807) is 38.1 Å². The molecular weight excluding hydrogens is 298 g/mol. The molecule has 0 atom stereocenters. The number of anilines is 1. The van der Waals surface area contributed by atoms with Gasteiger partial charge in [-0.3, -0.25) is 10.1 Å². The average molecular weight is 310 g/mol. The van der Waals surface area contributed by atoms with Crippen molar-refractivity contribution in [2.75, 3.05) is 19.0 Å². The van der Waals surface area contributed by atoms with Crippen LogP contribution in [0.15, 0.2) is 18.2 Å². The average Bonchev–Trinajstić information content (AvgIpc) is 2.37. The number of nitro benzene ring substituents is 1. The van der Waals surface area contributed by atoms with E-state index in [0.29, 0.717) is 11.5 Å². The van der Waals surface area contributed by atoms with Gasteiger partial charge in [0, 0.05) is 19.7 Å². The van der Waals surface area contributed by atoms with Gasteiger partial charge in [-0.15, -0.1) is 0 Å². The first kappa shape index (κ1) is 14.9. The van der Waals surface area contributed by atoms with Gasteiger partial charge in [-0.25, -0.2) is 0 Å². The van der Waals surface area contributed by atoms with Crippen LogP contribution in [-0.2, 0) is 0 Å². The molecule has 0 aliphatic carbocycles. The SMILES string of the molecule is Cc1cccc(Oc2nc(Cl)nc(N(C)C)n2)c1[N+](=O)[O-]. The summed E-state index contributed by atoms with van der Waals surface area (Å²) in [5.41, 5.74) is 0.339. The Labute approximate surface area is 125 Å². The molecule has 0 fully saturated rings. The third kappa shape index (κ3) is 3.34. The van der Waals surface area contributed by atoms with Crippen LogP contribution >= 0.6 is 11.6 Å². The first-order valence-electron chi connectivity index (χ1n) is 5.89. The molecule has 1 aromatic carbocycles. The van der Waals surface area contributed by atoms with Gasteiger partial charge < -0.3 is 9.64 Å². The van der Waals surface area contributed by atoms with Crippen molar-refractivity contribution in [1.29, 1.82) is 0 Å². The van der Waals surface area contributed by atoms with Crippen molar-refractivity contribution in [3.05, 3.63) is 39.2 Å². The Morgan fingerprint density at radius 3 is 2.62 bits per heavy atom. The summed E-state index contributed by atoms with van der Waals surface area (Å²) in [7, 11) is 3.45. The third-order valence-corrected chi connectivity index (χ3v) is 2.73. The zero-order valence-corrected chi connectivity index (χ0v) is 12.3. The molecule has 110 valence electrons. The lowest BCUT2D eigenvalue weighted by Gasteiger charge is -2.11. The van der Waals surface area contributed by atoms with Gasteiger partial charge >= 0.3 is 11.7 Å². The van der Waals surface area contributed by atoms with Crippen LogP contribution in [-0.4, -0.2) is 34.0 Å². The van der Waals surface area contributed by atoms with E-state index in [1.807, 2.05) is 0 Å². The van der Waals surface area contributed by atoms with E-state index in [-0.39, 0.29) is 22.7 Å². The van der Waals surface area contributed by atoms with Gasteiger partial charge in [0.15, 0.2) is 0 Å². The van der Waals surface area contributed by atoms with Crippen molar-refractivity contribution >= 4 is 23.2 Å². The zero-order valence-electron chi connectivity index (χ0n) is 11.6. The van der Waals surface area contributed by atoms with Crippen molar-refractivity contribution in [3.63, 3.8) is 0 Å². The number of hydrogen-bond donors (Lipinski definition) is 0. The minimum absolute atomic E-state index is 0.0481. The van der Waals surface area contributed by atoms with E-state index in [2.05, 4.69) is 15.0 Å². The molecule has 0 saturated heterocycles. The maximum Gasteiger partial charge on any atom is 0.328 e. The summed E-state index contributed by atoms with van der Waals surface area (Å²) in [5.74, 6) is 0.340. The zero-order chi connectivity index (χ0) is 15.6. The number of benzene rings is 1. The summed E-state index contributed by atoms with van der Waals surface area (Å²) in [6, 6.07) is 4.63. The molecule has 0 spiro atoms. The molecule has 2 rings (SSSR count). The number of nitro groups is 1. The Hall–Kier alpha value is -2.48. The lowest BCUT2D eigenvalue weighted by atomic mass is 10.2. The Morgan fingerprint density at radius 2 is 2.00 bits per heavy atom. The maximum atomic E-state index is 11.1. The molecule has 8 nitrogen and oxygen atoms in total. The first-order chi connectivity index (χ1) is 9.88. The van der Waals surface area contributed by atoms with Crippen LogP contribution in [0.4, 0.5) is 11.6 Å². The highest BCUT2D eigenvalue weighted by Crippen LogP contribution is 2.33. The number of para-hydroxylation sites is 1. The van der Waals surface area contributed by atoms with Crippen molar-refractivity contribution < 1.29 is 9.66 Å². The summed E-state index contributed by atoms with van der Waals surface area (Å²) in [5, 5.41) is 11.1. The van der Waals surface area contributed by atoms with Gasteiger partial charge in [0.25, 0.3) is 0 Å². The van der Waals surface area contributed by atoms with Gasteiger partial charge in [-0.2, -0.15) is 15.0 Å². The standard InChI is InChI=1S/C12H12ClN5O3/c1-7-5-4-6-8(9(7)18(19)20)21-12-15-10(13)14-11(16-12)17(2)3/h4-6H,1-3H3. The fourth-order valence-electron chi connectivity index (χ4n) is 1.61. The van der Waals surface area contributed by atoms with Crippen molar-refractivity contribution in [2.24, 2.45) is 0 Å². The number of rotatable bonds is 4. The molecule has 0 saturated carbocycles. The highest BCUT2D eigenvalue weighted by atomic mass is 35.5. The third-order valence-electron chi connectivity index (χ3n) is 2.56. The van der Waals surface area contributed by atoms with Crippen molar-refractivity contribution in [2.45, 2.75) is 6.92 Å². The highest BCUT2D eigenvalue weighted by Gasteiger charge is 2.20. The van der Waals surface area contributed by atoms with E-state index in [4.69, 9.17) is 16.3 Å². The molecular formula is C12H12ClN5O3. The lowest BCUT2D eigenvalue weighted by Crippen LogP contribution is -2.13. The molecule has 0 unspecified atom stereocenters. The topological polar surface area (TPSA) is 94.3 Å². The molecule has 9 heteroatoms. The quantitative estimate of drug-likeness (QED) is 0.632. The summed E-state index contributed by atoms with van der Waals surface area (Å²) in [6.45, 7) is 1.62. The largest absolute Gasteiger partial charge is 0.417 e. The van der Waals surface area contributed by atoms with Crippen LogP contribution in [0, 0.1) is 17.0 Å². The molecule has 0 N–H and O–H groups in total. The van der Waals surface area contributed by atoms with Gasteiger partial charge in [-0.1, -0.05) is 12.1 Å². The second-order valence-corrected chi connectivity index (χ2v) is 4.70. The Morgan fingerprint density at radius 1 is 1.29 bits per heavy atom. The predicted octanol–water partition coefficient (Wildman–Crippen LogP) is 2.60. The van der Waals surface area contributed by atoms with Crippen LogP contribution in [0.2, 0.25) is 5.28 Å². The van der Waals surface area contributed by atoms with Crippen LogP contribution < -0.4 is 9.64 Å². The minimum Gasteiger partial charge on any atom is -0.417 e. The predicted molar refractivity (Wildman–Crippen MR) is 77.1 cm³/mol. The Bertz CT molecular complexity index is 693. The van der Waals surface area contributed by atoms with Crippen molar-refractivity contribution in [1.82, 2.24) is 15.0 Å². The van der Waals surface area contributed by atoms with E-state index in [1.165, 1.54) is 6.07 Å². The minimum atomic E-state index is -0.514. The van der Waals surface area contributed by atoms with E-state index in [0.717, 1.165) is 0 Å². The van der Waals surface area contributed by atoms with Crippen LogP contribution in [0.5, 0.6) is 11.8 Å². The van der Waals surface area contributed by atoms with E-state index >= 15 is 0 Å².